The molecule has 13 aromatic carbocycles. The first-order chi connectivity index (χ1) is 42.9. The number of fused-ring (bicyclic) bond motifs is 12. The van der Waals surface area contributed by atoms with Crippen molar-refractivity contribution in [3.05, 3.63) is 359 Å². The lowest BCUT2D eigenvalue weighted by Crippen LogP contribution is -2.28. The molecule has 1 aromatic heterocycles. The predicted octanol–water partition coefficient (Wildman–Crippen LogP) is 22.0. The molecule has 1 heterocycles. The van der Waals surface area contributed by atoms with Crippen LogP contribution >= 0.6 is 0 Å². The van der Waals surface area contributed by atoms with E-state index in [4.69, 9.17) is 0 Å². The number of benzene rings is 13. The highest BCUT2D eigenvalue weighted by molar-refractivity contribution is 6.17. The summed E-state index contributed by atoms with van der Waals surface area (Å²) in [5.41, 5.74) is 31.8. The molecule has 3 aliphatic carbocycles. The number of hydrogen-bond donors (Lipinski definition) is 0. The van der Waals surface area contributed by atoms with Gasteiger partial charge < -0.3 is 9.47 Å². The van der Waals surface area contributed by atoms with Crippen molar-refractivity contribution in [3.63, 3.8) is 0 Å². The molecule has 0 radical (unpaired) electrons. The molecule has 0 saturated carbocycles. The summed E-state index contributed by atoms with van der Waals surface area (Å²) in [4.78, 5) is 2.45. The smallest absolute Gasteiger partial charge is 0.0713 e. The molecular formula is C85H60N2. The lowest BCUT2D eigenvalue weighted by molar-refractivity contribution is 0.660. The van der Waals surface area contributed by atoms with Gasteiger partial charge in [-0.3, -0.25) is 0 Å². The maximum atomic E-state index is 2.53. The number of hydrogen-bond acceptors (Lipinski definition) is 1. The van der Waals surface area contributed by atoms with Crippen LogP contribution in [0.4, 0.5) is 17.1 Å². The minimum Gasteiger partial charge on any atom is -0.310 e. The van der Waals surface area contributed by atoms with Gasteiger partial charge in [-0.25, -0.2) is 0 Å². The van der Waals surface area contributed by atoms with Crippen LogP contribution in [0.1, 0.15) is 63.9 Å². The lowest BCUT2D eigenvalue weighted by Gasteiger charge is -2.34. The summed E-state index contributed by atoms with van der Waals surface area (Å²) < 4.78 is 2.53. The van der Waals surface area contributed by atoms with Crippen LogP contribution in [-0.4, -0.2) is 4.57 Å². The molecule has 0 atom stereocenters. The Morgan fingerprint density at radius 2 is 0.931 bits per heavy atom. The molecular weight excluding hydrogens is 1050 g/mol. The second-order valence-electron chi connectivity index (χ2n) is 24.3. The van der Waals surface area contributed by atoms with Crippen molar-refractivity contribution in [3.8, 4) is 61.3 Å². The fourth-order valence-electron chi connectivity index (χ4n) is 15.4. The van der Waals surface area contributed by atoms with Crippen LogP contribution in [0.2, 0.25) is 0 Å². The van der Waals surface area contributed by atoms with E-state index in [0.29, 0.717) is 0 Å². The molecule has 0 spiro atoms. The largest absolute Gasteiger partial charge is 0.310 e. The Morgan fingerprint density at radius 1 is 0.356 bits per heavy atom. The number of aromatic nitrogens is 1. The van der Waals surface area contributed by atoms with Gasteiger partial charge >= 0.3 is 0 Å². The zero-order valence-electron chi connectivity index (χ0n) is 48.6. The number of anilines is 3. The Bertz CT molecular complexity index is 5030. The second-order valence-corrected chi connectivity index (χ2v) is 24.3. The van der Waals surface area contributed by atoms with Gasteiger partial charge in [-0.05, 0) is 178 Å². The number of nitrogens with zero attached hydrogens (tertiary/aromatic N) is 2. The van der Waals surface area contributed by atoms with E-state index in [-0.39, 0.29) is 5.41 Å². The van der Waals surface area contributed by atoms with Crippen LogP contribution in [0, 0.1) is 0 Å². The van der Waals surface area contributed by atoms with Crippen molar-refractivity contribution in [1.29, 1.82) is 0 Å². The Hall–Kier alpha value is -10.8. The molecule has 2 nitrogen and oxygen atoms in total. The van der Waals surface area contributed by atoms with Crippen molar-refractivity contribution in [2.75, 3.05) is 4.90 Å². The molecule has 3 aliphatic rings. The average molecular weight is 1110 g/mol. The van der Waals surface area contributed by atoms with Gasteiger partial charge in [-0.15, -0.1) is 0 Å². The molecule has 14 aromatic rings. The number of allylic oxidation sites excluding steroid dienone is 1. The fourth-order valence-corrected chi connectivity index (χ4v) is 15.4. The summed E-state index contributed by atoms with van der Waals surface area (Å²) in [6.45, 7) is 4.74. The van der Waals surface area contributed by atoms with E-state index >= 15 is 0 Å². The fraction of sp³-hybridized carbons (Fsp3) is 0.0588. The molecule has 0 unspecified atom stereocenters. The molecule has 0 fully saturated rings. The van der Waals surface area contributed by atoms with Gasteiger partial charge in [0.2, 0.25) is 0 Å². The van der Waals surface area contributed by atoms with Crippen molar-refractivity contribution in [1.82, 2.24) is 4.57 Å². The summed E-state index contributed by atoms with van der Waals surface area (Å²) in [6.07, 6.45) is 3.20. The van der Waals surface area contributed by atoms with Gasteiger partial charge in [0.15, 0.2) is 0 Å². The van der Waals surface area contributed by atoms with Gasteiger partial charge in [0.1, 0.15) is 0 Å². The third-order valence-electron chi connectivity index (χ3n) is 19.3. The van der Waals surface area contributed by atoms with Gasteiger partial charge in [0, 0.05) is 38.9 Å². The van der Waals surface area contributed by atoms with E-state index in [0.717, 1.165) is 34.7 Å². The quantitative estimate of drug-likeness (QED) is 0.140. The van der Waals surface area contributed by atoms with Crippen LogP contribution in [0.3, 0.4) is 0 Å². The maximum Gasteiger partial charge on any atom is 0.0713 e. The first-order valence-electron chi connectivity index (χ1n) is 30.5. The van der Waals surface area contributed by atoms with E-state index in [9.17, 15) is 0 Å². The van der Waals surface area contributed by atoms with Crippen molar-refractivity contribution in [2.24, 2.45) is 0 Å². The van der Waals surface area contributed by atoms with Crippen LogP contribution in [0.25, 0.3) is 94.8 Å². The highest BCUT2D eigenvalue weighted by Crippen LogP contribution is 2.59. The molecule has 0 saturated heterocycles. The highest BCUT2D eigenvalue weighted by Gasteiger charge is 2.47. The van der Waals surface area contributed by atoms with E-state index in [1.54, 1.807) is 0 Å². The average Bonchev–Trinajstić information content (AvgIpc) is 1.62. The first kappa shape index (κ1) is 50.7. The van der Waals surface area contributed by atoms with E-state index in [2.05, 4.69) is 339 Å². The standard InChI is InChI=1S/C85H60N2/c1-84(2)76-38-20-18-34-71(76)72-48-44-65(54-79(72)84)86(63-32-16-7-17-33-63)66-45-49-74-81(55-66)87(80-41-23-37-68(83(74)80)57-26-10-4-11-27-57)64-43-47-67-60(52-64)51-59(50-56-24-8-3-9-25-56)75-53-58(42-46-70(67)75)69-36-22-40-78-82(69)73-35-19-21-39-77(73)85(78,61-28-12-5-13-29-61)62-30-14-6-15-31-62/h3-50,52-55H,51H2,1-2H3/b59-50-. The van der Waals surface area contributed by atoms with Crippen LogP contribution in [0.15, 0.2) is 309 Å². The minimum absolute atomic E-state index is 0.145. The third kappa shape index (κ3) is 7.81. The number of rotatable bonds is 9. The molecule has 87 heavy (non-hydrogen) atoms. The Kier molecular flexibility index (Phi) is 11.6. The SMILES string of the molecule is CC1(C)c2ccccc2-c2ccc(N(c3ccccc3)c3ccc4c5c(-c6ccccc6)cccc5n(-c5ccc6c(c5)C/C(=C/c5ccccc5)c5cc(-c7cccc8c7-c7ccccc7C8(c7ccccc7)c7ccccc7)ccc5-6)c4c3)cc21. The van der Waals surface area contributed by atoms with Crippen LogP contribution in [0.5, 0.6) is 0 Å². The van der Waals surface area contributed by atoms with Crippen LogP contribution < -0.4 is 4.90 Å². The molecule has 2 heteroatoms. The third-order valence-corrected chi connectivity index (χ3v) is 19.3. The van der Waals surface area contributed by atoms with Crippen molar-refractivity contribution >= 4 is 50.5 Å². The highest BCUT2D eigenvalue weighted by atomic mass is 15.1. The Balaban J connectivity index is 0.846. The van der Waals surface area contributed by atoms with Gasteiger partial charge in [0.25, 0.3) is 0 Å². The van der Waals surface area contributed by atoms with E-state index in [1.807, 2.05) is 0 Å². The van der Waals surface area contributed by atoms with Crippen molar-refractivity contribution in [2.45, 2.75) is 31.1 Å². The number of para-hydroxylation sites is 1. The summed E-state index contributed by atoms with van der Waals surface area (Å²) in [7, 11) is 0. The predicted molar refractivity (Wildman–Crippen MR) is 365 cm³/mol. The van der Waals surface area contributed by atoms with Gasteiger partial charge in [-0.2, -0.15) is 0 Å². The molecule has 0 amide bonds. The molecule has 0 bridgehead atoms. The van der Waals surface area contributed by atoms with Gasteiger partial charge in [-0.1, -0.05) is 269 Å². The van der Waals surface area contributed by atoms with E-state index < -0.39 is 5.41 Å². The zero-order valence-corrected chi connectivity index (χ0v) is 48.6. The zero-order chi connectivity index (χ0) is 57.8. The molecule has 410 valence electrons. The van der Waals surface area contributed by atoms with E-state index in [1.165, 1.54) is 128 Å². The molecule has 0 N–H and O–H groups in total. The first-order valence-corrected chi connectivity index (χ1v) is 30.5. The minimum atomic E-state index is -0.483. The molecule has 17 rings (SSSR count). The summed E-state index contributed by atoms with van der Waals surface area (Å²) in [5, 5.41) is 2.46. The van der Waals surface area contributed by atoms with Crippen LogP contribution in [-0.2, 0) is 17.3 Å². The second kappa shape index (κ2) is 19.9. The summed E-state index contributed by atoms with van der Waals surface area (Å²) >= 11 is 0. The van der Waals surface area contributed by atoms with Gasteiger partial charge in [0.05, 0.1) is 16.4 Å². The maximum absolute atomic E-state index is 2.53. The normalized spacial score (nSPS) is 14.3. The lowest BCUT2D eigenvalue weighted by atomic mass is 9.67. The monoisotopic (exact) mass is 1110 g/mol. The Labute approximate surface area is 508 Å². The summed E-state index contributed by atoms with van der Waals surface area (Å²) in [6, 6.07) is 116. The molecule has 0 aliphatic heterocycles. The Morgan fingerprint density at radius 3 is 1.69 bits per heavy atom. The topological polar surface area (TPSA) is 8.17 Å². The van der Waals surface area contributed by atoms with Crippen molar-refractivity contribution < 1.29 is 0 Å². The summed E-state index contributed by atoms with van der Waals surface area (Å²) in [5.74, 6) is 0.